The minimum Gasteiger partial charge on any atom is -0.462 e. The third-order valence-electron chi connectivity index (χ3n) is 19.8. The summed E-state index contributed by atoms with van der Waals surface area (Å²) in [4.78, 5) is 72.9. The van der Waals surface area contributed by atoms with Crippen LogP contribution in [0.1, 0.15) is 421 Å². The van der Waals surface area contributed by atoms with E-state index < -0.39 is 97.5 Å². The van der Waals surface area contributed by atoms with Gasteiger partial charge in [0.25, 0.3) is 0 Å². The molecule has 0 spiro atoms. The first-order valence-corrected chi connectivity index (χ1v) is 45.3. The maximum atomic E-state index is 13.1. The number of carbonyl (C=O) groups is 4. The first-order chi connectivity index (χ1) is 48.7. The second-order valence-electron chi connectivity index (χ2n) is 31.0. The lowest BCUT2D eigenvalue weighted by atomic mass is 9.99. The molecule has 0 aromatic rings. The van der Waals surface area contributed by atoms with Gasteiger partial charge in [0.05, 0.1) is 26.4 Å². The molecule has 7 atom stereocenters. The largest absolute Gasteiger partial charge is 0.472 e. The third kappa shape index (κ3) is 73.4. The zero-order valence-corrected chi connectivity index (χ0v) is 68.3. The molecule has 0 saturated carbocycles. The summed E-state index contributed by atoms with van der Waals surface area (Å²) < 4.78 is 68.6. The van der Waals surface area contributed by atoms with Crippen LogP contribution in [-0.4, -0.2) is 96.7 Å². The molecule has 19 heteroatoms. The van der Waals surface area contributed by atoms with Gasteiger partial charge in [0.1, 0.15) is 19.3 Å². The number of hydrogen-bond donors (Lipinski definition) is 3. The number of ether oxygens (including phenoxy) is 4. The molecule has 0 radical (unpaired) electrons. The molecule has 4 unspecified atom stereocenters. The van der Waals surface area contributed by atoms with E-state index in [4.69, 9.17) is 37.0 Å². The quantitative estimate of drug-likeness (QED) is 0.0222. The van der Waals surface area contributed by atoms with Gasteiger partial charge in [-0.25, -0.2) is 9.13 Å². The van der Waals surface area contributed by atoms with Crippen molar-refractivity contribution in [2.75, 3.05) is 39.6 Å². The highest BCUT2D eigenvalue weighted by molar-refractivity contribution is 7.47. The Kier molecular flexibility index (Phi) is 69.6. The molecule has 0 bridgehead atoms. The zero-order valence-electron chi connectivity index (χ0n) is 66.5. The molecular weight excluding hydrogens is 1320 g/mol. The second kappa shape index (κ2) is 71.0. The summed E-state index contributed by atoms with van der Waals surface area (Å²) in [6, 6.07) is 0. The van der Waals surface area contributed by atoms with Crippen molar-refractivity contribution in [1.29, 1.82) is 0 Å². The van der Waals surface area contributed by atoms with Crippen LogP contribution < -0.4 is 0 Å². The fourth-order valence-electron chi connectivity index (χ4n) is 12.5. The molecule has 0 aliphatic heterocycles. The lowest BCUT2D eigenvalue weighted by Gasteiger charge is -2.21. The van der Waals surface area contributed by atoms with E-state index in [0.29, 0.717) is 31.6 Å². The van der Waals surface area contributed by atoms with Gasteiger partial charge in [0, 0.05) is 25.7 Å². The van der Waals surface area contributed by atoms with Crippen LogP contribution in [0.3, 0.4) is 0 Å². The molecule has 0 rings (SSSR count). The van der Waals surface area contributed by atoms with E-state index in [-0.39, 0.29) is 25.7 Å². The summed E-state index contributed by atoms with van der Waals surface area (Å²) in [5.74, 6) is 0.992. The van der Waals surface area contributed by atoms with E-state index in [0.717, 1.165) is 114 Å². The number of phosphoric ester groups is 2. The van der Waals surface area contributed by atoms with Crippen molar-refractivity contribution in [2.45, 2.75) is 440 Å². The Morgan fingerprint density at radius 2 is 0.475 bits per heavy atom. The average Bonchev–Trinajstić information content (AvgIpc) is 0.933. The van der Waals surface area contributed by atoms with Gasteiger partial charge in [0.15, 0.2) is 12.2 Å². The molecular formula is C82H160O17P2. The fourth-order valence-corrected chi connectivity index (χ4v) is 14.1. The molecule has 0 aromatic heterocycles. The van der Waals surface area contributed by atoms with Crippen LogP contribution in [0.2, 0.25) is 0 Å². The SMILES string of the molecule is CCC(C)CCCCCCCCCCCCCCCCCCCCC(=O)OC[C@H](COP(=O)(O)OC[C@@H](O)COP(=O)(O)OC[C@@H](COC(=O)CCCCCCCCC(C)CC)OC(=O)CCCCCCCCCC(C)C)OC(=O)CCCCCCCCCCCCCCCCCCC(C)C. The molecule has 0 heterocycles. The Morgan fingerprint density at radius 3 is 0.703 bits per heavy atom. The van der Waals surface area contributed by atoms with E-state index in [1.165, 1.54) is 218 Å². The van der Waals surface area contributed by atoms with Gasteiger partial charge in [-0.1, -0.05) is 370 Å². The van der Waals surface area contributed by atoms with Crippen molar-refractivity contribution in [3.05, 3.63) is 0 Å². The Labute approximate surface area is 619 Å². The average molecular weight is 1480 g/mol. The summed E-state index contributed by atoms with van der Waals surface area (Å²) in [5.41, 5.74) is 0. The maximum absolute atomic E-state index is 13.1. The molecule has 600 valence electrons. The minimum absolute atomic E-state index is 0.102. The highest BCUT2D eigenvalue weighted by Crippen LogP contribution is 2.45. The van der Waals surface area contributed by atoms with Crippen molar-refractivity contribution in [1.82, 2.24) is 0 Å². The number of unbranched alkanes of at least 4 members (excludes halogenated alkanes) is 43. The van der Waals surface area contributed by atoms with Crippen molar-refractivity contribution in [3.8, 4) is 0 Å². The first kappa shape index (κ1) is 99.1. The summed E-state index contributed by atoms with van der Waals surface area (Å²) >= 11 is 0. The lowest BCUT2D eigenvalue weighted by Crippen LogP contribution is -2.30. The molecule has 17 nitrogen and oxygen atoms in total. The van der Waals surface area contributed by atoms with Crippen LogP contribution in [-0.2, 0) is 65.4 Å². The Bertz CT molecular complexity index is 1980. The topological polar surface area (TPSA) is 237 Å². The van der Waals surface area contributed by atoms with E-state index in [2.05, 4.69) is 55.4 Å². The molecule has 3 N–H and O–H groups in total. The number of carbonyl (C=O) groups excluding carboxylic acids is 4. The Balaban J connectivity index is 5.18. The van der Waals surface area contributed by atoms with Crippen LogP contribution in [0.15, 0.2) is 0 Å². The van der Waals surface area contributed by atoms with Gasteiger partial charge in [-0.3, -0.25) is 37.3 Å². The third-order valence-corrected chi connectivity index (χ3v) is 21.7. The van der Waals surface area contributed by atoms with Crippen LogP contribution in [0.4, 0.5) is 0 Å². The predicted octanol–water partition coefficient (Wildman–Crippen LogP) is 24.4. The van der Waals surface area contributed by atoms with E-state index >= 15 is 0 Å². The van der Waals surface area contributed by atoms with Gasteiger partial charge in [-0.15, -0.1) is 0 Å². The number of phosphoric acid groups is 2. The second-order valence-corrected chi connectivity index (χ2v) is 33.9. The summed E-state index contributed by atoms with van der Waals surface area (Å²) in [6.45, 7) is 14.2. The van der Waals surface area contributed by atoms with Crippen molar-refractivity contribution in [3.63, 3.8) is 0 Å². The first-order valence-electron chi connectivity index (χ1n) is 42.3. The Morgan fingerprint density at radius 1 is 0.277 bits per heavy atom. The Hall–Kier alpha value is -1.94. The van der Waals surface area contributed by atoms with Gasteiger partial charge < -0.3 is 33.8 Å². The number of aliphatic hydroxyl groups excluding tert-OH is 1. The molecule has 0 saturated heterocycles. The highest BCUT2D eigenvalue weighted by Gasteiger charge is 2.30. The number of aliphatic hydroxyl groups is 1. The van der Waals surface area contributed by atoms with Crippen molar-refractivity contribution in [2.24, 2.45) is 23.7 Å². The number of esters is 4. The number of rotatable bonds is 79. The van der Waals surface area contributed by atoms with Crippen molar-refractivity contribution >= 4 is 39.5 Å². The maximum Gasteiger partial charge on any atom is 0.472 e. The van der Waals surface area contributed by atoms with E-state index in [1.807, 2.05) is 0 Å². The standard InChI is InChI=1S/C82H160O17P2/c1-9-74(7)60-52-44-36-30-26-22-18-13-11-12-14-19-23-27-31-37-46-54-62-79(84)92-68-77(98-81(86)64-56-48-38-32-28-24-20-16-15-17-21-25-29-34-42-50-58-72(3)4)70-96-100(88,89)94-66-76(83)67-95-101(90,91)97-71-78(99-82(87)65-57-49-39-33-35-43-51-59-73(5)6)69-93-80(85)63-55-47-41-40-45-53-61-75(8)10-2/h72-78,83H,9-71H2,1-8H3,(H,88,89)(H,90,91)/t74?,75?,76-,77-,78-/m1/s1. The molecule has 101 heavy (non-hydrogen) atoms. The van der Waals surface area contributed by atoms with Crippen LogP contribution in [0.25, 0.3) is 0 Å². The molecule has 0 fully saturated rings. The lowest BCUT2D eigenvalue weighted by molar-refractivity contribution is -0.161. The van der Waals surface area contributed by atoms with Gasteiger partial charge in [-0.2, -0.15) is 0 Å². The molecule has 0 aliphatic carbocycles. The van der Waals surface area contributed by atoms with Gasteiger partial charge >= 0.3 is 39.5 Å². The smallest absolute Gasteiger partial charge is 0.462 e. The predicted molar refractivity (Wildman–Crippen MR) is 414 cm³/mol. The van der Waals surface area contributed by atoms with Gasteiger partial charge in [-0.05, 0) is 49.4 Å². The normalized spacial score (nSPS) is 14.5. The van der Waals surface area contributed by atoms with Crippen LogP contribution in [0, 0.1) is 23.7 Å². The molecule has 0 aromatic carbocycles. The van der Waals surface area contributed by atoms with Crippen molar-refractivity contribution < 1.29 is 80.2 Å². The van der Waals surface area contributed by atoms with E-state index in [9.17, 15) is 43.2 Å². The molecule has 0 aliphatic rings. The van der Waals surface area contributed by atoms with Crippen LogP contribution in [0.5, 0.6) is 0 Å². The summed E-state index contributed by atoms with van der Waals surface area (Å²) in [6.07, 6.45) is 58.6. The monoisotopic (exact) mass is 1480 g/mol. The summed E-state index contributed by atoms with van der Waals surface area (Å²) in [5, 5.41) is 10.6. The zero-order chi connectivity index (χ0) is 74.6. The highest BCUT2D eigenvalue weighted by atomic mass is 31.2. The van der Waals surface area contributed by atoms with Crippen LogP contribution >= 0.6 is 15.6 Å². The van der Waals surface area contributed by atoms with E-state index in [1.54, 1.807) is 0 Å². The summed E-state index contributed by atoms with van der Waals surface area (Å²) in [7, 11) is -9.92. The fraction of sp³-hybridized carbons (Fsp3) is 0.951. The number of hydrogen-bond acceptors (Lipinski definition) is 15. The molecule has 0 amide bonds. The van der Waals surface area contributed by atoms with Gasteiger partial charge in [0.2, 0.25) is 0 Å². The minimum atomic E-state index is -4.96.